The van der Waals surface area contributed by atoms with Crippen LogP contribution in [0.1, 0.15) is 76.2 Å². The normalized spacial score (nSPS) is 18.3. The van der Waals surface area contributed by atoms with E-state index in [0.717, 1.165) is 101 Å². The van der Waals surface area contributed by atoms with E-state index in [1.54, 1.807) is 12.1 Å². The third kappa shape index (κ3) is 13.3. The molecule has 4 aromatic carbocycles. The SMILES string of the molecule is [C-]#[N+]c1ccc(C2=C(CN3CCN(c4ccc(C(=O)NS(=O)(=O)c5ccc(NC(CCN6CCN(C(C)(C)C)CC6)CSc6ccccc6)c(S(=O)(=O)C(F)(F)F)c5)cc4)CC3)CC(C)(C)CC2)cc1. The Morgan fingerprint density at radius 2 is 1.47 bits per heavy atom. The van der Waals surface area contributed by atoms with Crippen LogP contribution in [0.25, 0.3) is 10.4 Å². The topological polar surface area (TPSA) is 127 Å². The van der Waals surface area contributed by atoms with Crippen molar-refractivity contribution in [2.75, 3.05) is 81.4 Å². The number of benzene rings is 4. The van der Waals surface area contributed by atoms with Gasteiger partial charge >= 0.3 is 5.51 Å². The summed E-state index contributed by atoms with van der Waals surface area (Å²) in [5.74, 6) is -0.647. The van der Waals surface area contributed by atoms with E-state index in [0.29, 0.717) is 30.5 Å². The van der Waals surface area contributed by atoms with Gasteiger partial charge in [-0.15, -0.1) is 11.8 Å². The number of anilines is 2. The van der Waals surface area contributed by atoms with Gasteiger partial charge in [-0.2, -0.15) is 13.2 Å². The molecule has 2 fully saturated rings. The Hall–Kier alpha value is -4.90. The minimum Gasteiger partial charge on any atom is -0.380 e. The molecule has 2 N–H and O–H groups in total. The molecule has 70 heavy (non-hydrogen) atoms. The fourth-order valence-corrected chi connectivity index (χ4v) is 12.4. The van der Waals surface area contributed by atoms with E-state index in [1.165, 1.54) is 40.6 Å². The van der Waals surface area contributed by atoms with E-state index in [4.69, 9.17) is 6.57 Å². The maximum absolute atomic E-state index is 14.3. The predicted molar refractivity (Wildman–Crippen MR) is 274 cm³/mol. The Morgan fingerprint density at radius 3 is 2.09 bits per heavy atom. The lowest BCUT2D eigenvalue weighted by Crippen LogP contribution is -2.53. The Labute approximate surface area is 416 Å². The second kappa shape index (κ2) is 21.8. The number of thioether (sulfide) groups is 1. The zero-order valence-electron chi connectivity index (χ0n) is 40.6. The number of hydrogen-bond donors (Lipinski definition) is 2. The molecule has 1 unspecified atom stereocenters. The zero-order valence-corrected chi connectivity index (χ0v) is 43.0. The van der Waals surface area contributed by atoms with Gasteiger partial charge < -0.3 is 15.1 Å². The summed E-state index contributed by atoms with van der Waals surface area (Å²) in [4.78, 5) is 25.1. The van der Waals surface area contributed by atoms with E-state index in [1.807, 2.05) is 47.2 Å². The van der Waals surface area contributed by atoms with E-state index < -0.39 is 47.1 Å². The number of sulfonamides is 1. The van der Waals surface area contributed by atoms with Crippen LogP contribution in [0.3, 0.4) is 0 Å². The van der Waals surface area contributed by atoms with Crippen LogP contribution in [0.4, 0.5) is 30.2 Å². The van der Waals surface area contributed by atoms with Gasteiger partial charge in [0.05, 0.1) is 17.2 Å². The van der Waals surface area contributed by atoms with Crippen LogP contribution < -0.4 is 14.9 Å². The summed E-state index contributed by atoms with van der Waals surface area (Å²) in [6.45, 7) is 26.2. The third-order valence-electron chi connectivity index (χ3n) is 13.6. The van der Waals surface area contributed by atoms with Crippen molar-refractivity contribution in [1.82, 2.24) is 19.4 Å². The maximum atomic E-state index is 14.3. The van der Waals surface area contributed by atoms with E-state index in [9.17, 15) is 34.8 Å². The standard InChI is InChI=1S/C52H64F3N7O5S3/c1-50(2,3)62-32-28-59(29-33-62)25-23-42(37-68-44-10-8-7-9-11-44)57-47-21-20-45(34-48(47)69(64,65)52(53,54)55)70(66,67)58-49(63)39-14-18-43(19-15-39)61-30-26-60(27-31-61)36-40-35-51(4,5)24-22-46(40)38-12-16-41(56-6)17-13-38/h7-21,34,42,57H,22-33,35-37H2,1-5H3,(H,58,63). The van der Waals surface area contributed by atoms with E-state index >= 15 is 0 Å². The molecule has 18 heteroatoms. The van der Waals surface area contributed by atoms with Crippen molar-refractivity contribution in [3.05, 3.63) is 125 Å². The number of halogens is 3. The van der Waals surface area contributed by atoms with Crippen molar-refractivity contribution < 1.29 is 34.8 Å². The summed E-state index contributed by atoms with van der Waals surface area (Å²) in [6, 6.07) is 25.7. The Bertz CT molecular complexity index is 2760. The molecule has 0 radical (unpaired) electrons. The highest BCUT2D eigenvalue weighted by Gasteiger charge is 2.48. The van der Waals surface area contributed by atoms with Crippen molar-refractivity contribution in [3.8, 4) is 0 Å². The Balaban J connectivity index is 1.02. The number of alkyl halides is 3. The van der Waals surface area contributed by atoms with Crippen LogP contribution in [0.15, 0.2) is 117 Å². The number of carbonyl (C=O) groups is 1. The first kappa shape index (κ1) is 52.9. The molecule has 12 nitrogen and oxygen atoms in total. The minimum absolute atomic E-state index is 0.00484. The number of amides is 1. The number of nitrogens with zero attached hydrogens (tertiary/aromatic N) is 5. The molecule has 1 atom stereocenters. The van der Waals surface area contributed by atoms with Gasteiger partial charge in [-0.05, 0) is 118 Å². The maximum Gasteiger partial charge on any atom is 0.501 e. The van der Waals surface area contributed by atoms with Gasteiger partial charge in [-0.3, -0.25) is 14.6 Å². The van der Waals surface area contributed by atoms with Crippen molar-refractivity contribution in [3.63, 3.8) is 0 Å². The first-order valence-corrected chi connectivity index (χ1v) is 27.7. The van der Waals surface area contributed by atoms with Crippen LogP contribution in [0.5, 0.6) is 0 Å². The van der Waals surface area contributed by atoms with Crippen LogP contribution in [0, 0.1) is 12.0 Å². The molecule has 0 saturated carbocycles. The van der Waals surface area contributed by atoms with Crippen molar-refractivity contribution in [2.24, 2.45) is 5.41 Å². The van der Waals surface area contributed by atoms with Crippen LogP contribution in [0.2, 0.25) is 0 Å². The van der Waals surface area contributed by atoms with Gasteiger partial charge in [0.1, 0.15) is 4.90 Å². The highest BCUT2D eigenvalue weighted by Crippen LogP contribution is 2.43. The quantitative estimate of drug-likeness (QED) is 0.0823. The second-order valence-corrected chi connectivity index (χ2v) is 24.9. The number of hydrogen-bond acceptors (Lipinski definition) is 11. The van der Waals surface area contributed by atoms with Gasteiger partial charge in [0.25, 0.3) is 25.8 Å². The van der Waals surface area contributed by atoms with Crippen LogP contribution in [-0.4, -0.2) is 126 Å². The number of nitrogens with one attached hydrogen (secondary N) is 2. The average molecular weight is 1020 g/mol. The van der Waals surface area contributed by atoms with Crippen LogP contribution in [-0.2, 0) is 19.9 Å². The summed E-state index contributed by atoms with van der Waals surface area (Å²) in [5, 5.41) is 3.05. The van der Waals surface area contributed by atoms with Crippen molar-refractivity contribution >= 4 is 60.2 Å². The Morgan fingerprint density at radius 1 is 0.829 bits per heavy atom. The lowest BCUT2D eigenvalue weighted by molar-refractivity contribution is -0.0435. The molecule has 0 aromatic heterocycles. The molecule has 4 aromatic rings. The van der Waals surface area contributed by atoms with Gasteiger partial charge in [0.2, 0.25) is 0 Å². The molecule has 376 valence electrons. The van der Waals surface area contributed by atoms with Gasteiger partial charge in [-0.25, -0.2) is 26.4 Å². The third-order valence-corrected chi connectivity index (χ3v) is 17.6. The van der Waals surface area contributed by atoms with Crippen molar-refractivity contribution in [2.45, 2.75) is 92.1 Å². The summed E-state index contributed by atoms with van der Waals surface area (Å²) in [7, 11) is -10.9. The first-order valence-electron chi connectivity index (χ1n) is 23.7. The van der Waals surface area contributed by atoms with Crippen molar-refractivity contribution in [1.29, 1.82) is 0 Å². The zero-order chi connectivity index (χ0) is 50.5. The number of allylic oxidation sites excluding steroid dienone is 1. The minimum atomic E-state index is -6.07. The van der Waals surface area contributed by atoms with E-state index in [-0.39, 0.29) is 22.2 Å². The van der Waals surface area contributed by atoms with Gasteiger partial charge in [0, 0.05) is 98.9 Å². The van der Waals surface area contributed by atoms with Gasteiger partial charge in [0.15, 0.2) is 5.69 Å². The summed E-state index contributed by atoms with van der Waals surface area (Å²) in [6.07, 6.45) is 3.54. The molecule has 1 amide bonds. The lowest BCUT2D eigenvalue weighted by atomic mass is 9.72. The molecule has 7 rings (SSSR count). The second-order valence-electron chi connectivity index (χ2n) is 20.2. The monoisotopic (exact) mass is 1020 g/mol. The summed E-state index contributed by atoms with van der Waals surface area (Å²) < 4.78 is 98.6. The first-order chi connectivity index (χ1) is 33.0. The number of piperazine rings is 2. The number of sulfone groups is 1. The lowest BCUT2D eigenvalue weighted by Gasteiger charge is -2.42. The molecule has 0 bridgehead atoms. The molecule has 3 aliphatic rings. The fourth-order valence-electron chi connectivity index (χ4n) is 9.39. The van der Waals surface area contributed by atoms with E-state index in [2.05, 4.69) is 76.5 Å². The molecular weight excluding hydrogens is 956 g/mol. The fraction of sp³-hybridized carbons (Fsp3) is 0.462. The molecule has 2 saturated heterocycles. The summed E-state index contributed by atoms with van der Waals surface area (Å²) >= 11 is 1.47. The molecular formula is C52H64F3N7O5S3. The number of carbonyl (C=O) groups excluding carboxylic acids is 1. The predicted octanol–water partition coefficient (Wildman–Crippen LogP) is 9.81. The molecule has 2 aliphatic heterocycles. The molecule has 0 spiro atoms. The average Bonchev–Trinajstić information content (AvgIpc) is 3.32. The summed E-state index contributed by atoms with van der Waals surface area (Å²) in [5.41, 5.74) is -0.515. The number of rotatable bonds is 16. The smallest absolute Gasteiger partial charge is 0.380 e. The largest absolute Gasteiger partial charge is 0.501 e. The van der Waals surface area contributed by atoms with Gasteiger partial charge in [-0.1, -0.05) is 61.9 Å². The Kier molecular flexibility index (Phi) is 16.5. The van der Waals surface area contributed by atoms with Crippen LogP contribution >= 0.6 is 11.8 Å². The molecule has 2 heterocycles. The highest BCUT2D eigenvalue weighted by molar-refractivity contribution is 7.99. The molecule has 1 aliphatic carbocycles. The highest BCUT2D eigenvalue weighted by atomic mass is 32.2.